The monoisotopic (exact) mass is 1030 g/mol. The molecule has 0 spiro atoms. The van der Waals surface area contributed by atoms with Gasteiger partial charge in [0.2, 0.25) is 5.36 Å². The molecule has 0 bridgehead atoms. The third kappa shape index (κ3) is 19.1. The van der Waals surface area contributed by atoms with E-state index < -0.39 is 41.5 Å². The highest BCUT2D eigenvalue weighted by Gasteiger charge is 2.44. The van der Waals surface area contributed by atoms with Crippen LogP contribution in [0.2, 0.25) is 0 Å². The number of fused-ring (bicyclic) bond motifs is 2. The number of hydrogen-bond acceptors (Lipinski definition) is 15. The molecule has 0 fully saturated rings. The molecule has 3 aliphatic rings. The van der Waals surface area contributed by atoms with E-state index in [0.717, 1.165) is 16.5 Å². The van der Waals surface area contributed by atoms with E-state index in [9.17, 15) is 38.9 Å². The standard InChI is InChI=1S/C47H70N2O17S3/c1-6-48(17-9-33-68(54,55)56)37-12-14-40-41(46(2,3)4)35-38(66-44(40)34-37)10-7-11-45-47(5,16-8-32-67(51,52)53)42-36-39(69(57,58)59)13-15-43(42)49(45)18-20-60-22-24-62-26-28-64-30-31-65-29-27-63-25-23-61-21-19-50/h7,10-15,34-36,50H,6,8-9,16-33H2,1-5H3,(H2-,51,52,53,54,55,56,57,58,59)/p+1. The van der Waals surface area contributed by atoms with Gasteiger partial charge in [-0.25, -0.2) is 4.58 Å². The van der Waals surface area contributed by atoms with E-state index in [0.29, 0.717) is 108 Å². The number of aliphatic hydroxyl groups is 1. The molecule has 2 aliphatic heterocycles. The molecule has 388 valence electrons. The average molecular weight is 1030 g/mol. The molecule has 2 heterocycles. The lowest BCUT2D eigenvalue weighted by Crippen LogP contribution is -2.31. The second kappa shape index (κ2) is 27.3. The summed E-state index contributed by atoms with van der Waals surface area (Å²) >= 11 is 0. The minimum Gasteiger partial charge on any atom is -0.456 e. The minimum atomic E-state index is -4.61. The number of rotatable bonds is 32. The number of nitrogens with zero attached hydrogens (tertiary/aromatic N) is 2. The Hall–Kier alpha value is -3.62. The van der Waals surface area contributed by atoms with Crippen LogP contribution >= 0.6 is 0 Å². The van der Waals surface area contributed by atoms with E-state index in [-0.39, 0.29) is 61.8 Å². The summed E-state index contributed by atoms with van der Waals surface area (Å²) in [6.45, 7) is 15.6. The smallest absolute Gasteiger partial charge is 0.294 e. The fourth-order valence-corrected chi connectivity index (χ4v) is 9.47. The third-order valence-electron chi connectivity index (χ3n) is 11.3. The molecule has 22 heteroatoms. The first-order valence-electron chi connectivity index (χ1n) is 23.0. The fraction of sp³-hybridized carbons (Fsp3) is 0.596. The van der Waals surface area contributed by atoms with E-state index in [4.69, 9.17) is 37.9 Å². The van der Waals surface area contributed by atoms with Gasteiger partial charge < -0.3 is 42.8 Å². The highest BCUT2D eigenvalue weighted by molar-refractivity contribution is 7.86. The van der Waals surface area contributed by atoms with Crippen LogP contribution in [0.4, 0.5) is 5.69 Å². The van der Waals surface area contributed by atoms with E-state index in [1.165, 1.54) is 12.1 Å². The van der Waals surface area contributed by atoms with E-state index >= 15 is 0 Å². The van der Waals surface area contributed by atoms with Gasteiger partial charge in [0.1, 0.15) is 24.6 Å². The van der Waals surface area contributed by atoms with E-state index in [2.05, 4.69) is 20.8 Å². The van der Waals surface area contributed by atoms with E-state index in [1.807, 2.05) is 53.7 Å². The first-order valence-corrected chi connectivity index (χ1v) is 27.7. The van der Waals surface area contributed by atoms with Gasteiger partial charge >= 0.3 is 0 Å². The Balaban J connectivity index is 1.53. The molecule has 0 radical (unpaired) electrons. The lowest BCUT2D eigenvalue weighted by atomic mass is 9.77. The van der Waals surface area contributed by atoms with Gasteiger partial charge in [-0.3, -0.25) is 13.7 Å². The largest absolute Gasteiger partial charge is 0.456 e. The second-order valence-electron chi connectivity index (χ2n) is 17.5. The number of benzene rings is 2. The highest BCUT2D eigenvalue weighted by atomic mass is 32.2. The highest BCUT2D eigenvalue weighted by Crippen LogP contribution is 2.51. The molecule has 0 saturated heterocycles. The molecular weight excluding hydrogens is 961 g/mol. The number of allylic oxidation sites excluding steroid dienone is 3. The Morgan fingerprint density at radius 3 is 1.80 bits per heavy atom. The Kier molecular flexibility index (Phi) is 22.9. The summed E-state index contributed by atoms with van der Waals surface area (Å²) in [6, 6.07) is 12.1. The molecule has 1 unspecified atom stereocenters. The van der Waals surface area contributed by atoms with Crippen LogP contribution in [0.1, 0.15) is 70.8 Å². The quantitative estimate of drug-likeness (QED) is 0.0383. The maximum Gasteiger partial charge on any atom is 0.294 e. The summed E-state index contributed by atoms with van der Waals surface area (Å²) in [7, 11) is -13.0. The topological polar surface area (TPSA) is 258 Å². The SMILES string of the molecule is CC[N+](CCCS(=O)(=O)O)=c1ccc2c(C(C)(C)C)cc(/C=C/C=C3/N(CCOCCOCCOCCOCCOCCOCCO)c4ccc(S(=O)(=O)O)cc4C3(C)CCCS(=O)(=O)O)oc-2c1. The van der Waals surface area contributed by atoms with Crippen molar-refractivity contribution in [1.82, 2.24) is 4.58 Å². The van der Waals surface area contributed by atoms with Crippen LogP contribution < -0.4 is 14.8 Å². The zero-order valence-electron chi connectivity index (χ0n) is 40.3. The predicted octanol–water partition coefficient (Wildman–Crippen LogP) is 4.43. The molecule has 1 aromatic carbocycles. The Morgan fingerprint density at radius 2 is 1.28 bits per heavy atom. The molecule has 0 saturated carbocycles. The van der Waals surface area contributed by atoms with Crippen molar-refractivity contribution in [1.29, 1.82) is 0 Å². The predicted molar refractivity (Wildman–Crippen MR) is 261 cm³/mol. The van der Waals surface area contributed by atoms with Crippen LogP contribution in [0.3, 0.4) is 0 Å². The maximum atomic E-state index is 12.4. The number of ether oxygens (including phenoxy) is 6. The van der Waals surface area contributed by atoms with Crippen molar-refractivity contribution in [2.45, 2.75) is 69.6 Å². The average Bonchev–Trinajstić information content (AvgIpc) is 3.49. The van der Waals surface area contributed by atoms with Crippen molar-refractivity contribution >= 4 is 42.1 Å². The fourth-order valence-electron chi connectivity index (χ4n) is 7.96. The third-order valence-corrected chi connectivity index (χ3v) is 13.8. The first kappa shape index (κ1) is 58.0. The van der Waals surface area contributed by atoms with Crippen LogP contribution in [0.5, 0.6) is 0 Å². The molecule has 19 nitrogen and oxygen atoms in total. The molecule has 0 amide bonds. The summed E-state index contributed by atoms with van der Waals surface area (Å²) in [6.07, 6.45) is 5.89. The lowest BCUT2D eigenvalue weighted by Gasteiger charge is -2.30. The summed E-state index contributed by atoms with van der Waals surface area (Å²) in [5.74, 6) is 0.231. The minimum absolute atomic E-state index is 0.0239. The van der Waals surface area contributed by atoms with Crippen LogP contribution in [-0.4, -0.2) is 161 Å². The van der Waals surface area contributed by atoms with Crippen molar-refractivity contribution in [3.05, 3.63) is 82.6 Å². The van der Waals surface area contributed by atoms with Crippen LogP contribution in [0.25, 0.3) is 17.4 Å². The number of anilines is 1. The molecule has 1 aliphatic carbocycles. The molecular formula is C47H71N2O17S3+. The van der Waals surface area contributed by atoms with Gasteiger partial charge in [0.05, 0.1) is 108 Å². The molecule has 0 aromatic heterocycles. The molecule has 4 N–H and O–H groups in total. The van der Waals surface area contributed by atoms with Gasteiger partial charge in [-0.05, 0) is 85.7 Å². The van der Waals surface area contributed by atoms with Gasteiger partial charge in [0.25, 0.3) is 30.4 Å². The zero-order chi connectivity index (χ0) is 50.7. The van der Waals surface area contributed by atoms with E-state index in [1.54, 1.807) is 18.2 Å². The molecule has 69 heavy (non-hydrogen) atoms. The van der Waals surface area contributed by atoms with Gasteiger partial charge in [-0.2, -0.15) is 25.3 Å². The Labute approximate surface area is 407 Å². The summed E-state index contributed by atoms with van der Waals surface area (Å²) in [5, 5.41) is 9.51. The summed E-state index contributed by atoms with van der Waals surface area (Å²) < 4.78 is 142. The summed E-state index contributed by atoms with van der Waals surface area (Å²) in [5.41, 5.74) is 2.43. The van der Waals surface area contributed by atoms with Crippen LogP contribution in [0.15, 0.2) is 69.6 Å². The first-order chi connectivity index (χ1) is 32.6. The molecule has 4 rings (SSSR count). The lowest BCUT2D eigenvalue weighted by molar-refractivity contribution is -0.0179. The van der Waals surface area contributed by atoms with Crippen molar-refractivity contribution in [2.24, 2.45) is 0 Å². The molecule has 1 aromatic rings. The Morgan fingerprint density at radius 1 is 0.725 bits per heavy atom. The zero-order valence-corrected chi connectivity index (χ0v) is 42.8. The van der Waals surface area contributed by atoms with Gasteiger partial charge in [-0.15, -0.1) is 0 Å². The van der Waals surface area contributed by atoms with Gasteiger partial charge in [0.15, 0.2) is 0 Å². The van der Waals surface area contributed by atoms with Crippen LogP contribution in [-0.2, 0) is 69.6 Å². The van der Waals surface area contributed by atoms with Crippen molar-refractivity contribution < 1.29 is 76.9 Å². The van der Waals surface area contributed by atoms with Gasteiger partial charge in [0, 0.05) is 41.4 Å². The van der Waals surface area contributed by atoms with Crippen molar-refractivity contribution in [2.75, 3.05) is 122 Å². The molecule has 1 atom stereocenters. The number of aliphatic hydroxyl groups excluding tert-OH is 1. The van der Waals surface area contributed by atoms with Crippen LogP contribution in [0, 0.1) is 0 Å². The van der Waals surface area contributed by atoms with Gasteiger partial charge in [-0.1, -0.05) is 26.8 Å². The maximum absolute atomic E-state index is 12.4. The normalized spacial score (nSPS) is 16.9. The number of hydrogen-bond donors (Lipinski definition) is 4. The van der Waals surface area contributed by atoms with Crippen molar-refractivity contribution in [3.8, 4) is 11.3 Å². The Bertz CT molecular complexity index is 2540. The second-order valence-corrected chi connectivity index (χ2v) is 22.1. The van der Waals surface area contributed by atoms with Crippen molar-refractivity contribution in [3.63, 3.8) is 0 Å². The summed E-state index contributed by atoms with van der Waals surface area (Å²) in [4.78, 5) is 1.64.